The molecule has 0 aliphatic carbocycles. The van der Waals surface area contributed by atoms with Gasteiger partial charge in [0, 0.05) is 30.2 Å². The van der Waals surface area contributed by atoms with Gasteiger partial charge in [0.2, 0.25) is 10.0 Å². The highest BCUT2D eigenvalue weighted by Gasteiger charge is 2.27. The van der Waals surface area contributed by atoms with Gasteiger partial charge in [0.15, 0.2) is 0 Å². The van der Waals surface area contributed by atoms with Gasteiger partial charge in [-0.25, -0.2) is 17.1 Å². The van der Waals surface area contributed by atoms with E-state index in [1.807, 2.05) is 6.20 Å². The van der Waals surface area contributed by atoms with Crippen molar-refractivity contribution >= 4 is 32.5 Å². The molecule has 0 radical (unpaired) electrons. The number of fused-ring (bicyclic) bond motifs is 1. The molecule has 7 heteroatoms. The average Bonchev–Trinajstić information content (AvgIpc) is 2.81. The number of hydrogen-bond donors (Lipinski definition) is 1. The minimum absolute atomic E-state index is 0.0998. The zero-order valence-electron chi connectivity index (χ0n) is 11.6. The fraction of sp³-hybridized carbons (Fsp3) is 0.429. The molecule has 2 aromatic rings. The summed E-state index contributed by atoms with van der Waals surface area (Å²) in [5.74, 6) is -0.198. The predicted octanol–water partition coefficient (Wildman–Crippen LogP) is 3.10. The number of halogens is 2. The number of H-pyrrole nitrogens is 1. The van der Waals surface area contributed by atoms with Crippen LogP contribution in [-0.2, 0) is 10.0 Å². The van der Waals surface area contributed by atoms with Crippen LogP contribution in [0.3, 0.4) is 0 Å². The molecule has 1 aromatic carbocycles. The average molecular weight is 331 g/mol. The lowest BCUT2D eigenvalue weighted by Gasteiger charge is -2.30. The largest absolute Gasteiger partial charge is 0.361 e. The molecular formula is C14H16ClFN2O2S. The van der Waals surface area contributed by atoms with E-state index in [9.17, 15) is 12.8 Å². The van der Waals surface area contributed by atoms with E-state index < -0.39 is 15.8 Å². The molecule has 0 bridgehead atoms. The Labute approximate surface area is 127 Å². The molecule has 21 heavy (non-hydrogen) atoms. The van der Waals surface area contributed by atoms with Crippen molar-refractivity contribution in [2.24, 2.45) is 0 Å². The van der Waals surface area contributed by atoms with Gasteiger partial charge in [-0.1, -0.05) is 11.6 Å². The van der Waals surface area contributed by atoms with Crippen LogP contribution in [0.15, 0.2) is 18.3 Å². The molecule has 3 rings (SSSR count). The van der Waals surface area contributed by atoms with Gasteiger partial charge >= 0.3 is 0 Å². The van der Waals surface area contributed by atoms with Crippen LogP contribution in [0.5, 0.6) is 0 Å². The van der Waals surface area contributed by atoms with Gasteiger partial charge in [0.1, 0.15) is 5.82 Å². The van der Waals surface area contributed by atoms with E-state index in [0.29, 0.717) is 13.1 Å². The van der Waals surface area contributed by atoms with Crippen LogP contribution in [0.1, 0.15) is 24.3 Å². The third kappa shape index (κ3) is 2.80. The number of hydrogen-bond acceptors (Lipinski definition) is 2. The summed E-state index contributed by atoms with van der Waals surface area (Å²) in [6.07, 6.45) is 4.59. The standard InChI is InChI=1S/C14H16ClFN2O2S/c1-21(19,20)18-4-2-9(3-5-18)11-8-17-14-7-12(15)13(16)6-10(11)14/h6-9,17H,2-5H2,1H3. The van der Waals surface area contributed by atoms with Crippen LogP contribution in [-0.4, -0.2) is 37.1 Å². The summed E-state index contributed by atoms with van der Waals surface area (Å²) in [5.41, 5.74) is 1.84. The quantitative estimate of drug-likeness (QED) is 0.920. The van der Waals surface area contributed by atoms with Gasteiger partial charge in [-0.15, -0.1) is 0 Å². The van der Waals surface area contributed by atoms with E-state index in [4.69, 9.17) is 11.6 Å². The molecule has 4 nitrogen and oxygen atoms in total. The summed E-state index contributed by atoms with van der Waals surface area (Å²) in [7, 11) is -3.12. The molecule has 114 valence electrons. The Bertz CT molecular complexity index is 780. The van der Waals surface area contributed by atoms with Crippen molar-refractivity contribution in [1.82, 2.24) is 9.29 Å². The Morgan fingerprint density at radius 3 is 2.62 bits per heavy atom. The molecule has 1 aliphatic rings. The minimum atomic E-state index is -3.12. The number of piperidine rings is 1. The highest BCUT2D eigenvalue weighted by Crippen LogP contribution is 2.35. The zero-order valence-corrected chi connectivity index (χ0v) is 13.1. The van der Waals surface area contributed by atoms with Crippen LogP contribution in [0.2, 0.25) is 5.02 Å². The number of sulfonamides is 1. The first kappa shape index (κ1) is 14.8. The van der Waals surface area contributed by atoms with Crippen molar-refractivity contribution in [3.05, 3.63) is 34.7 Å². The van der Waals surface area contributed by atoms with Crippen LogP contribution < -0.4 is 0 Å². The molecule has 1 aromatic heterocycles. The number of nitrogens with zero attached hydrogens (tertiary/aromatic N) is 1. The van der Waals surface area contributed by atoms with E-state index in [-0.39, 0.29) is 10.9 Å². The Morgan fingerprint density at radius 1 is 1.33 bits per heavy atom. The van der Waals surface area contributed by atoms with Crippen LogP contribution in [0, 0.1) is 5.82 Å². The fourth-order valence-electron chi connectivity index (χ4n) is 2.97. The van der Waals surface area contributed by atoms with Crippen molar-refractivity contribution in [2.75, 3.05) is 19.3 Å². The third-order valence-electron chi connectivity index (χ3n) is 4.12. The number of benzene rings is 1. The SMILES string of the molecule is CS(=O)(=O)N1CCC(c2c[nH]c3cc(Cl)c(F)cc23)CC1. The summed E-state index contributed by atoms with van der Waals surface area (Å²) in [5, 5.41) is 0.928. The molecule has 1 aliphatic heterocycles. The number of nitrogens with one attached hydrogen (secondary N) is 1. The molecule has 0 amide bonds. The first-order valence-electron chi connectivity index (χ1n) is 6.77. The summed E-state index contributed by atoms with van der Waals surface area (Å²) < 4.78 is 38.2. The maximum absolute atomic E-state index is 13.7. The molecule has 1 N–H and O–H groups in total. The summed E-state index contributed by atoms with van der Waals surface area (Å²) >= 11 is 5.78. The zero-order chi connectivity index (χ0) is 15.2. The lowest BCUT2D eigenvalue weighted by atomic mass is 9.90. The van der Waals surface area contributed by atoms with Crippen molar-refractivity contribution in [1.29, 1.82) is 0 Å². The number of aromatic nitrogens is 1. The molecule has 0 unspecified atom stereocenters. The van der Waals surface area contributed by atoms with E-state index in [1.165, 1.54) is 16.6 Å². The first-order chi connectivity index (χ1) is 9.86. The summed E-state index contributed by atoms with van der Waals surface area (Å²) in [6.45, 7) is 1.01. The van der Waals surface area contributed by atoms with Gasteiger partial charge in [0.25, 0.3) is 0 Å². The normalized spacial score (nSPS) is 18.4. The Hall–Kier alpha value is -1.11. The summed E-state index contributed by atoms with van der Waals surface area (Å²) in [4.78, 5) is 3.11. The molecule has 1 fully saturated rings. The van der Waals surface area contributed by atoms with Crippen molar-refractivity contribution in [2.45, 2.75) is 18.8 Å². The van der Waals surface area contributed by atoms with Crippen LogP contribution in [0.4, 0.5) is 4.39 Å². The smallest absolute Gasteiger partial charge is 0.211 e. The second-order valence-electron chi connectivity index (χ2n) is 5.49. The van der Waals surface area contributed by atoms with E-state index >= 15 is 0 Å². The maximum atomic E-state index is 13.7. The molecule has 2 heterocycles. The van der Waals surface area contributed by atoms with Crippen molar-refractivity contribution < 1.29 is 12.8 Å². The van der Waals surface area contributed by atoms with Gasteiger partial charge in [-0.3, -0.25) is 0 Å². The van der Waals surface area contributed by atoms with E-state index in [1.54, 1.807) is 6.07 Å². The Balaban J connectivity index is 1.88. The predicted molar refractivity (Wildman–Crippen MR) is 81.7 cm³/mol. The fourth-order valence-corrected chi connectivity index (χ4v) is 4.01. The molecule has 0 atom stereocenters. The van der Waals surface area contributed by atoms with E-state index in [0.717, 1.165) is 29.3 Å². The second kappa shape index (κ2) is 5.26. The lowest BCUT2D eigenvalue weighted by molar-refractivity contribution is 0.322. The van der Waals surface area contributed by atoms with Crippen LogP contribution >= 0.6 is 11.6 Å². The number of aromatic amines is 1. The minimum Gasteiger partial charge on any atom is -0.361 e. The van der Waals surface area contributed by atoms with Gasteiger partial charge in [-0.05, 0) is 36.5 Å². The van der Waals surface area contributed by atoms with Crippen molar-refractivity contribution in [3.8, 4) is 0 Å². The Morgan fingerprint density at radius 2 is 2.00 bits per heavy atom. The second-order valence-corrected chi connectivity index (χ2v) is 7.88. The van der Waals surface area contributed by atoms with E-state index in [2.05, 4.69) is 4.98 Å². The maximum Gasteiger partial charge on any atom is 0.211 e. The lowest BCUT2D eigenvalue weighted by Crippen LogP contribution is -2.37. The van der Waals surface area contributed by atoms with Gasteiger partial charge in [-0.2, -0.15) is 0 Å². The molecule has 0 saturated carbocycles. The highest BCUT2D eigenvalue weighted by atomic mass is 35.5. The Kier molecular flexibility index (Phi) is 3.71. The van der Waals surface area contributed by atoms with Gasteiger partial charge < -0.3 is 4.98 Å². The topological polar surface area (TPSA) is 53.2 Å². The molecule has 0 spiro atoms. The van der Waals surface area contributed by atoms with Crippen LogP contribution in [0.25, 0.3) is 10.9 Å². The number of rotatable bonds is 2. The first-order valence-corrected chi connectivity index (χ1v) is 9.00. The monoisotopic (exact) mass is 330 g/mol. The molecular weight excluding hydrogens is 315 g/mol. The summed E-state index contributed by atoms with van der Waals surface area (Å²) in [6, 6.07) is 3.04. The molecule has 1 saturated heterocycles. The third-order valence-corrected chi connectivity index (χ3v) is 5.71. The highest BCUT2D eigenvalue weighted by molar-refractivity contribution is 7.88. The van der Waals surface area contributed by atoms with Crippen molar-refractivity contribution in [3.63, 3.8) is 0 Å². The van der Waals surface area contributed by atoms with Gasteiger partial charge in [0.05, 0.1) is 11.3 Å².